The first-order valence-electron chi connectivity index (χ1n) is 10.5. The second kappa shape index (κ2) is 8.91. The third kappa shape index (κ3) is 4.12. The Bertz CT molecular complexity index is 1420. The zero-order valence-corrected chi connectivity index (χ0v) is 18.9. The van der Waals surface area contributed by atoms with Crippen molar-refractivity contribution in [3.05, 3.63) is 85.0 Å². The first kappa shape index (κ1) is 21.0. The molecule has 7 nitrogen and oxygen atoms in total. The molecule has 0 saturated carbocycles. The summed E-state index contributed by atoms with van der Waals surface area (Å²) in [6.45, 7) is 3.75. The van der Waals surface area contributed by atoms with Crippen molar-refractivity contribution >= 4 is 34.3 Å². The maximum absolute atomic E-state index is 13.1. The highest BCUT2D eigenvalue weighted by molar-refractivity contribution is 8.00. The van der Waals surface area contributed by atoms with Crippen molar-refractivity contribution in [3.8, 4) is 17.1 Å². The average Bonchev–Trinajstić information content (AvgIpc) is 3.45. The molecule has 0 aliphatic rings. The molecule has 8 heteroatoms. The third-order valence-corrected chi connectivity index (χ3v) is 6.35. The Morgan fingerprint density at radius 2 is 1.88 bits per heavy atom. The Kier molecular flexibility index (Phi) is 5.66. The third-order valence-electron chi connectivity index (χ3n) is 5.30. The number of fused-ring (bicyclic) bond motifs is 1. The molecule has 5 rings (SSSR count). The molecule has 2 aromatic carbocycles. The SMILES string of the molecule is Cc1occc1-c1nnc(SC(C)C(=O)Nc2cccc3ncccc23)n1-c1ccccc1. The topological polar surface area (TPSA) is 85.8 Å². The van der Waals surface area contributed by atoms with Gasteiger partial charge in [0, 0.05) is 17.3 Å². The molecule has 0 spiro atoms. The largest absolute Gasteiger partial charge is 0.469 e. The van der Waals surface area contributed by atoms with Gasteiger partial charge < -0.3 is 9.73 Å². The van der Waals surface area contributed by atoms with E-state index in [0.29, 0.717) is 11.0 Å². The highest BCUT2D eigenvalue weighted by atomic mass is 32.2. The second-order valence-electron chi connectivity index (χ2n) is 7.49. The lowest BCUT2D eigenvalue weighted by atomic mass is 10.2. The van der Waals surface area contributed by atoms with Crippen LogP contribution < -0.4 is 5.32 Å². The highest BCUT2D eigenvalue weighted by Crippen LogP contribution is 2.32. The summed E-state index contributed by atoms with van der Waals surface area (Å²) >= 11 is 1.35. The molecule has 0 aliphatic carbocycles. The van der Waals surface area contributed by atoms with Gasteiger partial charge in [-0.25, -0.2) is 0 Å². The van der Waals surface area contributed by atoms with Gasteiger partial charge in [0.25, 0.3) is 0 Å². The molecule has 1 amide bonds. The Hall–Kier alpha value is -3.91. The van der Waals surface area contributed by atoms with Crippen molar-refractivity contribution in [3.63, 3.8) is 0 Å². The number of aromatic nitrogens is 4. The summed E-state index contributed by atoms with van der Waals surface area (Å²) < 4.78 is 7.44. The molecule has 5 aromatic rings. The van der Waals surface area contributed by atoms with Gasteiger partial charge in [-0.15, -0.1) is 10.2 Å². The van der Waals surface area contributed by atoms with Crippen LogP contribution in [0.5, 0.6) is 0 Å². The minimum absolute atomic E-state index is 0.125. The van der Waals surface area contributed by atoms with Crippen LogP contribution in [-0.2, 0) is 4.79 Å². The van der Waals surface area contributed by atoms with Gasteiger partial charge in [0.2, 0.25) is 5.91 Å². The van der Waals surface area contributed by atoms with Crippen LogP contribution in [0.3, 0.4) is 0 Å². The van der Waals surface area contributed by atoms with E-state index in [4.69, 9.17) is 4.42 Å². The number of aryl methyl sites for hydroxylation is 1. The summed E-state index contributed by atoms with van der Waals surface area (Å²) in [5, 5.41) is 13.0. The van der Waals surface area contributed by atoms with E-state index in [0.717, 1.165) is 33.6 Å². The summed E-state index contributed by atoms with van der Waals surface area (Å²) in [7, 11) is 0. The van der Waals surface area contributed by atoms with E-state index in [1.54, 1.807) is 12.5 Å². The standard InChI is InChI=1S/C25H21N5O2S/c1-16-19(13-15-32-16)23-28-29-25(30(23)18-8-4-3-5-9-18)33-17(2)24(31)27-22-12-6-11-21-20(22)10-7-14-26-21/h3-15,17H,1-2H3,(H,27,31). The van der Waals surface area contributed by atoms with E-state index < -0.39 is 5.25 Å². The molecule has 1 atom stereocenters. The normalized spacial score (nSPS) is 12.1. The molecule has 0 radical (unpaired) electrons. The molecule has 3 aromatic heterocycles. The number of pyridine rings is 1. The molecular weight excluding hydrogens is 434 g/mol. The summed E-state index contributed by atoms with van der Waals surface area (Å²) in [5.41, 5.74) is 3.34. The second-order valence-corrected chi connectivity index (χ2v) is 8.80. The van der Waals surface area contributed by atoms with Crippen molar-refractivity contribution in [2.75, 3.05) is 5.32 Å². The van der Waals surface area contributed by atoms with Crippen molar-refractivity contribution in [2.24, 2.45) is 0 Å². The molecule has 0 fully saturated rings. The highest BCUT2D eigenvalue weighted by Gasteiger charge is 2.23. The van der Waals surface area contributed by atoms with Crippen LogP contribution in [-0.4, -0.2) is 30.9 Å². The minimum Gasteiger partial charge on any atom is -0.469 e. The number of thioether (sulfide) groups is 1. The number of amides is 1. The lowest BCUT2D eigenvalue weighted by molar-refractivity contribution is -0.115. The molecule has 0 saturated heterocycles. The van der Waals surface area contributed by atoms with E-state index in [1.165, 1.54) is 11.8 Å². The first-order chi connectivity index (χ1) is 16.1. The molecule has 33 heavy (non-hydrogen) atoms. The van der Waals surface area contributed by atoms with Crippen molar-refractivity contribution in [2.45, 2.75) is 24.3 Å². The smallest absolute Gasteiger partial charge is 0.237 e. The fourth-order valence-electron chi connectivity index (χ4n) is 3.61. The summed E-state index contributed by atoms with van der Waals surface area (Å²) in [4.78, 5) is 17.4. The number of carbonyl (C=O) groups is 1. The van der Waals surface area contributed by atoms with Crippen LogP contribution in [0.1, 0.15) is 12.7 Å². The zero-order valence-electron chi connectivity index (χ0n) is 18.1. The number of hydrogen-bond donors (Lipinski definition) is 1. The molecule has 3 heterocycles. The lowest BCUT2D eigenvalue weighted by Gasteiger charge is -2.14. The number of benzene rings is 2. The van der Waals surface area contributed by atoms with Crippen LogP contribution >= 0.6 is 11.8 Å². The van der Waals surface area contributed by atoms with Gasteiger partial charge in [-0.05, 0) is 56.3 Å². The molecule has 0 bridgehead atoms. The number of para-hydroxylation sites is 1. The molecule has 1 N–H and O–H groups in total. The fraction of sp³-hybridized carbons (Fsp3) is 0.120. The number of furan rings is 1. The van der Waals surface area contributed by atoms with E-state index in [1.807, 2.05) is 85.1 Å². The van der Waals surface area contributed by atoms with E-state index in [-0.39, 0.29) is 5.91 Å². The molecule has 1 unspecified atom stereocenters. The average molecular weight is 456 g/mol. The first-order valence-corrected chi connectivity index (χ1v) is 11.4. The summed E-state index contributed by atoms with van der Waals surface area (Å²) in [6.07, 6.45) is 3.37. The number of carbonyl (C=O) groups excluding carboxylic acids is 1. The van der Waals surface area contributed by atoms with Crippen LogP contribution in [0.15, 0.2) is 88.8 Å². The van der Waals surface area contributed by atoms with Gasteiger partial charge in [0.1, 0.15) is 5.76 Å². The zero-order chi connectivity index (χ0) is 22.8. The maximum atomic E-state index is 13.1. The number of nitrogens with one attached hydrogen (secondary N) is 1. The van der Waals surface area contributed by atoms with Crippen molar-refractivity contribution in [1.82, 2.24) is 19.7 Å². The minimum atomic E-state index is -0.415. The van der Waals surface area contributed by atoms with Crippen LogP contribution in [0.2, 0.25) is 0 Å². The van der Waals surface area contributed by atoms with Crippen molar-refractivity contribution < 1.29 is 9.21 Å². The predicted octanol–water partition coefficient (Wildman–Crippen LogP) is 5.50. The van der Waals surface area contributed by atoms with Crippen molar-refractivity contribution in [1.29, 1.82) is 0 Å². The Morgan fingerprint density at radius 3 is 2.67 bits per heavy atom. The van der Waals surface area contributed by atoms with E-state index >= 15 is 0 Å². The van der Waals surface area contributed by atoms with Crippen LogP contribution in [0, 0.1) is 6.92 Å². The Morgan fingerprint density at radius 1 is 1.03 bits per heavy atom. The number of hydrogen-bond acceptors (Lipinski definition) is 6. The van der Waals surface area contributed by atoms with Gasteiger partial charge in [-0.3, -0.25) is 14.3 Å². The quantitative estimate of drug-likeness (QED) is 0.340. The fourth-order valence-corrected chi connectivity index (χ4v) is 4.47. The molecular formula is C25H21N5O2S. The van der Waals surface area contributed by atoms with Crippen LogP contribution in [0.4, 0.5) is 5.69 Å². The number of anilines is 1. The molecule has 0 aliphatic heterocycles. The summed E-state index contributed by atoms with van der Waals surface area (Å²) in [6, 6.07) is 21.2. The monoisotopic (exact) mass is 455 g/mol. The van der Waals surface area contributed by atoms with E-state index in [2.05, 4.69) is 20.5 Å². The van der Waals surface area contributed by atoms with Gasteiger partial charge in [-0.2, -0.15) is 0 Å². The summed E-state index contributed by atoms with van der Waals surface area (Å²) in [5.74, 6) is 1.30. The molecule has 164 valence electrons. The Balaban J connectivity index is 1.45. The lowest BCUT2D eigenvalue weighted by Crippen LogP contribution is -2.23. The maximum Gasteiger partial charge on any atom is 0.237 e. The van der Waals surface area contributed by atoms with Crippen LogP contribution in [0.25, 0.3) is 28.0 Å². The number of rotatable bonds is 6. The number of nitrogens with zero attached hydrogens (tertiary/aromatic N) is 4. The van der Waals surface area contributed by atoms with Gasteiger partial charge in [0.05, 0.1) is 28.3 Å². The van der Waals surface area contributed by atoms with Gasteiger partial charge >= 0.3 is 0 Å². The van der Waals surface area contributed by atoms with Gasteiger partial charge in [-0.1, -0.05) is 36.0 Å². The van der Waals surface area contributed by atoms with E-state index in [9.17, 15) is 4.79 Å². The van der Waals surface area contributed by atoms with Gasteiger partial charge in [0.15, 0.2) is 11.0 Å². The Labute approximate surface area is 194 Å². The predicted molar refractivity (Wildman–Crippen MR) is 129 cm³/mol.